The van der Waals surface area contributed by atoms with Crippen LogP contribution in [0.15, 0.2) is 12.7 Å². The summed E-state index contributed by atoms with van der Waals surface area (Å²) in [5, 5.41) is 3.53. The molecule has 0 amide bonds. The Hall–Kier alpha value is -0.340. The number of piperidine rings is 1. The third kappa shape index (κ3) is 3.05. The molecule has 0 radical (unpaired) electrons. The van der Waals surface area contributed by atoms with Crippen LogP contribution >= 0.6 is 0 Å². The van der Waals surface area contributed by atoms with Crippen LogP contribution < -0.4 is 5.32 Å². The van der Waals surface area contributed by atoms with Gasteiger partial charge < -0.3 is 5.32 Å². The van der Waals surface area contributed by atoms with E-state index < -0.39 is 0 Å². The van der Waals surface area contributed by atoms with E-state index in [1.807, 2.05) is 0 Å². The van der Waals surface area contributed by atoms with E-state index in [0.717, 1.165) is 12.6 Å². The van der Waals surface area contributed by atoms with Gasteiger partial charge >= 0.3 is 0 Å². The number of hydrogen-bond acceptors (Lipinski definition) is 2. The highest BCUT2D eigenvalue weighted by molar-refractivity contribution is 4.93. The van der Waals surface area contributed by atoms with E-state index in [2.05, 4.69) is 29.8 Å². The monoisotopic (exact) mass is 208 g/mol. The minimum atomic E-state index is 0.490. The van der Waals surface area contributed by atoms with Crippen LogP contribution in [-0.2, 0) is 0 Å². The van der Waals surface area contributed by atoms with Crippen molar-refractivity contribution in [2.75, 3.05) is 26.2 Å². The second-order valence-electron chi connectivity index (χ2n) is 5.54. The summed E-state index contributed by atoms with van der Waals surface area (Å²) in [6, 6.07) is 0.863. The zero-order valence-corrected chi connectivity index (χ0v) is 9.97. The molecule has 2 nitrogen and oxygen atoms in total. The quantitative estimate of drug-likeness (QED) is 0.695. The summed E-state index contributed by atoms with van der Waals surface area (Å²) in [6.45, 7) is 11.0. The average molecular weight is 208 g/mol. The molecule has 1 N–H and O–H groups in total. The molecule has 1 aliphatic carbocycles. The molecule has 1 aliphatic heterocycles. The first kappa shape index (κ1) is 11.2. The summed E-state index contributed by atoms with van der Waals surface area (Å²) in [5.41, 5.74) is 0.490. The fraction of sp³-hybridized carbons (Fsp3) is 0.846. The molecule has 15 heavy (non-hydrogen) atoms. The van der Waals surface area contributed by atoms with Crippen molar-refractivity contribution in [3.8, 4) is 0 Å². The molecule has 1 heterocycles. The SMILES string of the molecule is C=CCN(CC1(C)CCCNC1)C1CC1. The van der Waals surface area contributed by atoms with E-state index >= 15 is 0 Å². The predicted octanol–water partition coefficient (Wildman–Crippen LogP) is 2.03. The third-order valence-electron chi connectivity index (χ3n) is 3.70. The third-order valence-corrected chi connectivity index (χ3v) is 3.70. The van der Waals surface area contributed by atoms with Gasteiger partial charge in [-0.25, -0.2) is 0 Å². The Bertz CT molecular complexity index is 215. The van der Waals surface area contributed by atoms with Crippen LogP contribution in [0.1, 0.15) is 32.6 Å². The largest absolute Gasteiger partial charge is 0.316 e. The van der Waals surface area contributed by atoms with Gasteiger partial charge in [-0.1, -0.05) is 13.0 Å². The summed E-state index contributed by atoms with van der Waals surface area (Å²) in [6.07, 6.45) is 7.57. The summed E-state index contributed by atoms with van der Waals surface area (Å²) in [7, 11) is 0. The lowest BCUT2D eigenvalue weighted by Gasteiger charge is -2.38. The molecule has 2 fully saturated rings. The van der Waals surface area contributed by atoms with Gasteiger partial charge in [0.05, 0.1) is 0 Å². The first-order valence-electron chi connectivity index (χ1n) is 6.29. The van der Waals surface area contributed by atoms with Gasteiger partial charge in [0.2, 0.25) is 0 Å². The van der Waals surface area contributed by atoms with Crippen molar-refractivity contribution < 1.29 is 0 Å². The molecule has 1 atom stereocenters. The summed E-state index contributed by atoms with van der Waals surface area (Å²) in [4.78, 5) is 2.62. The normalized spacial score (nSPS) is 31.9. The van der Waals surface area contributed by atoms with Crippen LogP contribution in [0.5, 0.6) is 0 Å². The molecule has 2 heteroatoms. The standard InChI is InChI=1S/C13H24N2/c1-3-9-15(12-5-6-12)11-13(2)7-4-8-14-10-13/h3,12,14H,1,4-11H2,2H3. The molecule has 0 aromatic rings. The zero-order valence-electron chi connectivity index (χ0n) is 9.97. The van der Waals surface area contributed by atoms with E-state index in [9.17, 15) is 0 Å². The van der Waals surface area contributed by atoms with Crippen LogP contribution in [0.4, 0.5) is 0 Å². The van der Waals surface area contributed by atoms with Crippen molar-refractivity contribution >= 4 is 0 Å². The van der Waals surface area contributed by atoms with E-state index in [-0.39, 0.29) is 0 Å². The van der Waals surface area contributed by atoms with E-state index in [4.69, 9.17) is 0 Å². The van der Waals surface area contributed by atoms with E-state index in [0.29, 0.717) is 5.41 Å². The molecular weight excluding hydrogens is 184 g/mol. The molecule has 0 spiro atoms. The lowest BCUT2D eigenvalue weighted by Crippen LogP contribution is -2.46. The molecule has 1 saturated carbocycles. The smallest absolute Gasteiger partial charge is 0.0163 e. The number of rotatable bonds is 5. The molecule has 1 unspecified atom stereocenters. The summed E-state index contributed by atoms with van der Waals surface area (Å²) >= 11 is 0. The molecular formula is C13H24N2. The number of nitrogens with zero attached hydrogens (tertiary/aromatic N) is 1. The van der Waals surface area contributed by atoms with Crippen molar-refractivity contribution in [3.63, 3.8) is 0 Å². The van der Waals surface area contributed by atoms with Gasteiger partial charge in [-0.15, -0.1) is 6.58 Å². The van der Waals surface area contributed by atoms with Gasteiger partial charge in [-0.3, -0.25) is 4.90 Å². The highest BCUT2D eigenvalue weighted by Crippen LogP contribution is 2.33. The van der Waals surface area contributed by atoms with Gasteiger partial charge in [-0.05, 0) is 37.6 Å². The average Bonchev–Trinajstić information content (AvgIpc) is 3.01. The maximum atomic E-state index is 3.87. The predicted molar refractivity (Wildman–Crippen MR) is 65.0 cm³/mol. The Morgan fingerprint density at radius 3 is 2.87 bits per heavy atom. The Labute approximate surface area is 93.7 Å². The Kier molecular flexibility index (Phi) is 3.47. The van der Waals surface area contributed by atoms with Crippen molar-refractivity contribution in [3.05, 3.63) is 12.7 Å². The number of hydrogen-bond donors (Lipinski definition) is 1. The zero-order chi connectivity index (χ0) is 10.7. The van der Waals surface area contributed by atoms with Gasteiger partial charge in [-0.2, -0.15) is 0 Å². The minimum absolute atomic E-state index is 0.490. The molecule has 0 aromatic carbocycles. The van der Waals surface area contributed by atoms with Gasteiger partial charge in [0, 0.05) is 25.7 Å². The molecule has 2 aliphatic rings. The van der Waals surface area contributed by atoms with Crippen molar-refractivity contribution in [1.29, 1.82) is 0 Å². The molecule has 0 bridgehead atoms. The van der Waals surface area contributed by atoms with Crippen molar-refractivity contribution in [2.24, 2.45) is 5.41 Å². The molecule has 2 rings (SSSR count). The maximum Gasteiger partial charge on any atom is 0.0163 e. The highest BCUT2D eigenvalue weighted by atomic mass is 15.2. The lowest BCUT2D eigenvalue weighted by atomic mass is 9.82. The summed E-state index contributed by atoms with van der Waals surface area (Å²) in [5.74, 6) is 0. The van der Waals surface area contributed by atoms with Crippen LogP contribution in [-0.4, -0.2) is 37.1 Å². The van der Waals surface area contributed by atoms with Crippen LogP contribution in [0, 0.1) is 5.41 Å². The van der Waals surface area contributed by atoms with Crippen LogP contribution in [0.2, 0.25) is 0 Å². The van der Waals surface area contributed by atoms with E-state index in [1.165, 1.54) is 45.3 Å². The molecule has 1 saturated heterocycles. The van der Waals surface area contributed by atoms with Crippen molar-refractivity contribution in [2.45, 2.75) is 38.6 Å². The first-order valence-corrected chi connectivity index (χ1v) is 6.29. The Morgan fingerprint density at radius 1 is 1.53 bits per heavy atom. The number of nitrogens with one attached hydrogen (secondary N) is 1. The van der Waals surface area contributed by atoms with Gasteiger partial charge in [0.1, 0.15) is 0 Å². The van der Waals surface area contributed by atoms with Crippen molar-refractivity contribution in [1.82, 2.24) is 10.2 Å². The highest BCUT2D eigenvalue weighted by Gasteiger charge is 2.35. The second-order valence-corrected chi connectivity index (χ2v) is 5.54. The Morgan fingerprint density at radius 2 is 2.33 bits per heavy atom. The lowest BCUT2D eigenvalue weighted by molar-refractivity contribution is 0.137. The van der Waals surface area contributed by atoms with Gasteiger partial charge in [0.25, 0.3) is 0 Å². The first-order chi connectivity index (χ1) is 7.23. The fourth-order valence-corrected chi connectivity index (χ4v) is 2.69. The molecule has 86 valence electrons. The fourth-order valence-electron chi connectivity index (χ4n) is 2.69. The summed E-state index contributed by atoms with van der Waals surface area (Å²) < 4.78 is 0. The topological polar surface area (TPSA) is 15.3 Å². The molecule has 0 aromatic heterocycles. The minimum Gasteiger partial charge on any atom is -0.316 e. The van der Waals surface area contributed by atoms with Gasteiger partial charge in [0.15, 0.2) is 0 Å². The van der Waals surface area contributed by atoms with E-state index in [1.54, 1.807) is 0 Å². The second kappa shape index (κ2) is 4.67. The Balaban J connectivity index is 1.88. The maximum absolute atomic E-state index is 3.87. The van der Waals surface area contributed by atoms with Crippen LogP contribution in [0.25, 0.3) is 0 Å². The van der Waals surface area contributed by atoms with Crippen LogP contribution in [0.3, 0.4) is 0 Å².